The number of nitrogens with one attached hydrogen (secondary N) is 1. The summed E-state index contributed by atoms with van der Waals surface area (Å²) in [6, 6.07) is 5.18. The summed E-state index contributed by atoms with van der Waals surface area (Å²) in [7, 11) is 0. The van der Waals surface area contributed by atoms with Crippen molar-refractivity contribution in [1.29, 1.82) is 0 Å². The number of hydrogen-bond donors (Lipinski definition) is 1. The molecule has 0 aliphatic heterocycles. The van der Waals surface area contributed by atoms with Gasteiger partial charge >= 0.3 is 0 Å². The van der Waals surface area contributed by atoms with Crippen molar-refractivity contribution in [1.82, 2.24) is 5.32 Å². The van der Waals surface area contributed by atoms with E-state index in [2.05, 4.69) is 62.8 Å². The van der Waals surface area contributed by atoms with Crippen LogP contribution in [0.2, 0.25) is 0 Å². The van der Waals surface area contributed by atoms with Crippen molar-refractivity contribution in [2.24, 2.45) is 11.3 Å². The van der Waals surface area contributed by atoms with Crippen LogP contribution in [-0.2, 0) is 6.42 Å². The lowest BCUT2D eigenvalue weighted by Crippen LogP contribution is -2.45. The fraction of sp³-hybridized carbons (Fsp3) is 0.647. The third-order valence-corrected chi connectivity index (χ3v) is 4.51. The maximum absolute atomic E-state index is 14.0. The highest BCUT2D eigenvalue weighted by Gasteiger charge is 2.31. The average Bonchev–Trinajstić information content (AvgIpc) is 2.30. The molecule has 1 N–H and O–H groups in total. The Morgan fingerprint density at radius 1 is 1.20 bits per heavy atom. The lowest BCUT2D eigenvalue weighted by molar-refractivity contribution is 0.186. The molecule has 1 atom stereocenters. The normalized spacial score (nSPS) is 15.4. The van der Waals surface area contributed by atoms with Gasteiger partial charge in [0.15, 0.2) is 0 Å². The largest absolute Gasteiger partial charge is 0.312 e. The smallest absolute Gasteiger partial charge is 0.126 e. The number of hydrogen-bond acceptors (Lipinski definition) is 1. The molecule has 1 unspecified atom stereocenters. The molecule has 3 heteroatoms. The topological polar surface area (TPSA) is 12.0 Å². The molecule has 0 saturated carbocycles. The average molecular weight is 344 g/mol. The molecule has 0 fully saturated rings. The standard InChI is InChI=1S/C17H27BrFN/c1-12(2)17(6,11-20-16(3,4)5)10-13-9-14(18)7-8-15(13)19/h7-9,12,20H,10-11H2,1-6H3. The summed E-state index contributed by atoms with van der Waals surface area (Å²) in [5.41, 5.74) is 0.882. The second kappa shape index (κ2) is 6.57. The minimum atomic E-state index is -0.115. The first-order valence-corrected chi connectivity index (χ1v) is 8.02. The Morgan fingerprint density at radius 3 is 2.30 bits per heavy atom. The van der Waals surface area contributed by atoms with Gasteiger partial charge in [-0.3, -0.25) is 0 Å². The summed E-state index contributed by atoms with van der Waals surface area (Å²) in [5, 5.41) is 3.56. The second-order valence-corrected chi connectivity index (χ2v) is 8.24. The van der Waals surface area contributed by atoms with Gasteiger partial charge in [-0.1, -0.05) is 36.7 Å². The molecule has 0 heterocycles. The molecule has 0 spiro atoms. The third-order valence-electron chi connectivity index (χ3n) is 4.02. The molecule has 20 heavy (non-hydrogen) atoms. The van der Waals surface area contributed by atoms with Crippen LogP contribution in [0, 0.1) is 17.2 Å². The van der Waals surface area contributed by atoms with Gasteiger partial charge in [-0.2, -0.15) is 0 Å². The Kier molecular flexibility index (Phi) is 5.79. The summed E-state index contributed by atoms with van der Waals surface area (Å²) in [5.74, 6) is 0.353. The van der Waals surface area contributed by atoms with Crippen molar-refractivity contribution in [2.75, 3.05) is 6.54 Å². The Morgan fingerprint density at radius 2 is 1.80 bits per heavy atom. The number of benzene rings is 1. The Bertz CT molecular complexity index is 451. The lowest BCUT2D eigenvalue weighted by atomic mass is 9.74. The van der Waals surface area contributed by atoms with Crippen molar-refractivity contribution in [2.45, 2.75) is 53.5 Å². The summed E-state index contributed by atoms with van der Waals surface area (Å²) in [6.45, 7) is 14.0. The summed E-state index contributed by atoms with van der Waals surface area (Å²) < 4.78 is 14.9. The molecule has 1 aromatic carbocycles. The van der Waals surface area contributed by atoms with Crippen LogP contribution in [0.4, 0.5) is 4.39 Å². The highest BCUT2D eigenvalue weighted by atomic mass is 79.9. The van der Waals surface area contributed by atoms with E-state index < -0.39 is 0 Å². The maximum atomic E-state index is 14.0. The zero-order chi connectivity index (χ0) is 15.6. The van der Waals surface area contributed by atoms with Gasteiger partial charge in [0.05, 0.1) is 0 Å². The minimum absolute atomic E-state index is 0.0227. The Balaban J connectivity index is 2.93. The highest BCUT2D eigenvalue weighted by molar-refractivity contribution is 9.10. The van der Waals surface area contributed by atoms with Crippen LogP contribution in [0.3, 0.4) is 0 Å². The van der Waals surface area contributed by atoms with Crippen molar-refractivity contribution in [3.05, 3.63) is 34.1 Å². The van der Waals surface area contributed by atoms with Gasteiger partial charge in [-0.25, -0.2) is 4.39 Å². The molecular weight excluding hydrogens is 317 g/mol. The van der Waals surface area contributed by atoms with Crippen LogP contribution in [-0.4, -0.2) is 12.1 Å². The van der Waals surface area contributed by atoms with Crippen molar-refractivity contribution < 1.29 is 4.39 Å². The van der Waals surface area contributed by atoms with E-state index in [1.165, 1.54) is 6.07 Å². The molecule has 1 rings (SSSR count). The van der Waals surface area contributed by atoms with E-state index in [4.69, 9.17) is 0 Å². The fourth-order valence-corrected chi connectivity index (χ4v) is 2.46. The van der Waals surface area contributed by atoms with Crippen LogP contribution in [0.1, 0.15) is 47.1 Å². The van der Waals surface area contributed by atoms with E-state index in [1.54, 1.807) is 6.07 Å². The summed E-state index contributed by atoms with van der Waals surface area (Å²) in [6.07, 6.45) is 0.735. The van der Waals surface area contributed by atoms with Gasteiger partial charge in [-0.05, 0) is 62.3 Å². The van der Waals surface area contributed by atoms with Crippen LogP contribution in [0.15, 0.2) is 22.7 Å². The molecule has 0 radical (unpaired) electrons. The van der Waals surface area contributed by atoms with Gasteiger partial charge in [0.2, 0.25) is 0 Å². The van der Waals surface area contributed by atoms with E-state index in [0.29, 0.717) is 5.92 Å². The molecule has 0 aromatic heterocycles. The zero-order valence-corrected chi connectivity index (χ0v) is 15.1. The highest BCUT2D eigenvalue weighted by Crippen LogP contribution is 2.33. The molecule has 1 nitrogen and oxygen atoms in total. The summed E-state index contributed by atoms with van der Waals surface area (Å²) >= 11 is 3.43. The quantitative estimate of drug-likeness (QED) is 0.776. The van der Waals surface area contributed by atoms with Gasteiger partial charge in [0.1, 0.15) is 5.82 Å². The number of halogens is 2. The monoisotopic (exact) mass is 343 g/mol. The predicted octanol–water partition coefficient (Wildman–Crippen LogP) is 5.18. The lowest BCUT2D eigenvalue weighted by Gasteiger charge is -2.37. The van der Waals surface area contributed by atoms with Crippen LogP contribution in [0.5, 0.6) is 0 Å². The first kappa shape index (κ1) is 17.6. The van der Waals surface area contributed by atoms with Crippen molar-refractivity contribution in [3.8, 4) is 0 Å². The van der Waals surface area contributed by atoms with E-state index in [-0.39, 0.29) is 16.8 Å². The van der Waals surface area contributed by atoms with E-state index in [9.17, 15) is 4.39 Å². The first-order valence-electron chi connectivity index (χ1n) is 7.22. The minimum Gasteiger partial charge on any atom is -0.312 e. The summed E-state index contributed by atoms with van der Waals surface area (Å²) in [4.78, 5) is 0. The van der Waals surface area contributed by atoms with Gasteiger partial charge in [-0.15, -0.1) is 0 Å². The molecule has 1 aromatic rings. The molecule has 0 aliphatic rings. The molecule has 0 bridgehead atoms. The first-order chi connectivity index (χ1) is 9.03. The van der Waals surface area contributed by atoms with Gasteiger partial charge in [0, 0.05) is 16.6 Å². The zero-order valence-electron chi connectivity index (χ0n) is 13.5. The number of rotatable bonds is 5. The molecule has 0 aliphatic carbocycles. The van der Waals surface area contributed by atoms with Gasteiger partial charge in [0.25, 0.3) is 0 Å². The second-order valence-electron chi connectivity index (χ2n) is 7.32. The molecule has 0 amide bonds. The molecule has 0 saturated heterocycles. The Labute approximate surface area is 131 Å². The van der Waals surface area contributed by atoms with Crippen LogP contribution in [0.25, 0.3) is 0 Å². The third kappa shape index (κ3) is 5.17. The van der Waals surface area contributed by atoms with E-state index in [0.717, 1.165) is 23.0 Å². The SMILES string of the molecule is CC(C)C(C)(CNC(C)(C)C)Cc1cc(Br)ccc1F. The van der Waals surface area contributed by atoms with Crippen LogP contribution >= 0.6 is 15.9 Å². The maximum Gasteiger partial charge on any atom is 0.126 e. The van der Waals surface area contributed by atoms with E-state index >= 15 is 0 Å². The van der Waals surface area contributed by atoms with Gasteiger partial charge < -0.3 is 5.32 Å². The molecule has 114 valence electrons. The predicted molar refractivity (Wildman–Crippen MR) is 88.5 cm³/mol. The fourth-order valence-electron chi connectivity index (χ4n) is 2.05. The molecular formula is C17H27BrFN. The van der Waals surface area contributed by atoms with Crippen molar-refractivity contribution in [3.63, 3.8) is 0 Å². The van der Waals surface area contributed by atoms with E-state index in [1.807, 2.05) is 6.07 Å². The Hall–Kier alpha value is -0.410. The van der Waals surface area contributed by atoms with Crippen LogP contribution < -0.4 is 5.32 Å². The van der Waals surface area contributed by atoms with Crippen molar-refractivity contribution >= 4 is 15.9 Å².